The zero-order valence-corrected chi connectivity index (χ0v) is 10.2. The lowest BCUT2D eigenvalue weighted by atomic mass is 10.2. The summed E-state index contributed by atoms with van der Waals surface area (Å²) in [5.41, 5.74) is 2.28. The monoisotopic (exact) mass is 248 g/mol. The van der Waals surface area contributed by atoms with E-state index >= 15 is 0 Å². The van der Waals surface area contributed by atoms with Crippen molar-refractivity contribution in [2.75, 3.05) is 5.32 Å². The first-order valence-corrected chi connectivity index (χ1v) is 5.74. The van der Waals surface area contributed by atoms with E-state index in [-0.39, 0.29) is 5.91 Å². The number of pyridine rings is 1. The van der Waals surface area contributed by atoms with Crippen molar-refractivity contribution in [1.29, 1.82) is 0 Å². The molecule has 2 aromatic rings. The van der Waals surface area contributed by atoms with Crippen molar-refractivity contribution < 1.29 is 4.79 Å². The van der Waals surface area contributed by atoms with Crippen LogP contribution >= 0.6 is 0 Å². The molecule has 1 amide bonds. The van der Waals surface area contributed by atoms with Crippen molar-refractivity contribution in [3.63, 3.8) is 0 Å². The maximum Gasteiger partial charge on any atom is 0.248 e. The maximum absolute atomic E-state index is 11.7. The van der Waals surface area contributed by atoms with Gasteiger partial charge in [-0.2, -0.15) is 0 Å². The van der Waals surface area contributed by atoms with Gasteiger partial charge in [-0.15, -0.1) is 6.42 Å². The lowest BCUT2D eigenvalue weighted by Crippen LogP contribution is -2.07. The van der Waals surface area contributed by atoms with Gasteiger partial charge in [0.2, 0.25) is 5.91 Å². The lowest BCUT2D eigenvalue weighted by molar-refractivity contribution is -0.111. The summed E-state index contributed by atoms with van der Waals surface area (Å²) in [6.45, 7) is 0. The van der Waals surface area contributed by atoms with Crippen LogP contribution in [0, 0.1) is 12.3 Å². The average Bonchev–Trinajstić information content (AvgIpc) is 2.46. The molecule has 0 saturated heterocycles. The molecule has 0 unspecified atom stereocenters. The van der Waals surface area contributed by atoms with Crippen LogP contribution in [0.25, 0.3) is 6.08 Å². The molecule has 3 nitrogen and oxygen atoms in total. The SMILES string of the molecule is C#Cc1cccc(NC(=O)C=Cc2cccnc2)c1. The third-order valence-corrected chi connectivity index (χ3v) is 2.41. The number of nitrogens with one attached hydrogen (secondary N) is 1. The maximum atomic E-state index is 11.7. The Morgan fingerprint density at radius 1 is 1.32 bits per heavy atom. The highest BCUT2D eigenvalue weighted by Gasteiger charge is 1.98. The molecule has 0 aliphatic heterocycles. The lowest BCUT2D eigenvalue weighted by Gasteiger charge is -2.02. The van der Waals surface area contributed by atoms with Crippen molar-refractivity contribution in [3.8, 4) is 12.3 Å². The number of nitrogens with zero attached hydrogens (tertiary/aromatic N) is 1. The molecule has 0 aliphatic rings. The van der Waals surface area contributed by atoms with Gasteiger partial charge in [0.15, 0.2) is 0 Å². The summed E-state index contributed by atoms with van der Waals surface area (Å²) in [4.78, 5) is 15.7. The van der Waals surface area contributed by atoms with Gasteiger partial charge in [-0.3, -0.25) is 9.78 Å². The van der Waals surface area contributed by atoms with Crippen LogP contribution < -0.4 is 5.32 Å². The highest BCUT2D eigenvalue weighted by atomic mass is 16.1. The number of carbonyl (C=O) groups excluding carboxylic acids is 1. The Hall–Kier alpha value is -2.86. The van der Waals surface area contributed by atoms with Gasteiger partial charge in [0.25, 0.3) is 0 Å². The third kappa shape index (κ3) is 3.83. The van der Waals surface area contributed by atoms with Gasteiger partial charge in [-0.25, -0.2) is 0 Å². The van der Waals surface area contributed by atoms with Crippen molar-refractivity contribution in [1.82, 2.24) is 4.98 Å². The van der Waals surface area contributed by atoms with Crippen LogP contribution in [0.5, 0.6) is 0 Å². The van der Waals surface area contributed by atoms with Gasteiger partial charge in [-0.05, 0) is 35.9 Å². The van der Waals surface area contributed by atoms with E-state index in [9.17, 15) is 4.79 Å². The molecule has 0 saturated carbocycles. The number of amides is 1. The fourth-order valence-electron chi connectivity index (χ4n) is 1.52. The second-order valence-corrected chi connectivity index (χ2v) is 3.83. The third-order valence-electron chi connectivity index (χ3n) is 2.41. The molecular weight excluding hydrogens is 236 g/mol. The van der Waals surface area contributed by atoms with E-state index in [1.807, 2.05) is 12.1 Å². The Morgan fingerprint density at radius 3 is 2.95 bits per heavy atom. The first-order chi connectivity index (χ1) is 9.28. The van der Waals surface area contributed by atoms with Crippen LogP contribution in [0.4, 0.5) is 5.69 Å². The standard InChI is InChI=1S/C16H12N2O/c1-2-13-5-3-7-15(11-13)18-16(19)9-8-14-6-4-10-17-12-14/h1,3-12H,(H,18,19). The quantitative estimate of drug-likeness (QED) is 0.670. The molecular formula is C16H12N2O. The van der Waals surface area contributed by atoms with Gasteiger partial charge in [0.05, 0.1) is 0 Å². The minimum absolute atomic E-state index is 0.210. The smallest absolute Gasteiger partial charge is 0.248 e. The number of benzene rings is 1. The summed E-state index contributed by atoms with van der Waals surface area (Å²) in [7, 11) is 0. The number of hydrogen-bond acceptors (Lipinski definition) is 2. The molecule has 0 radical (unpaired) electrons. The predicted molar refractivity (Wildman–Crippen MR) is 76.3 cm³/mol. The number of anilines is 1. The minimum Gasteiger partial charge on any atom is -0.322 e. The molecule has 1 N–H and O–H groups in total. The summed E-state index contributed by atoms with van der Waals surface area (Å²) in [5.74, 6) is 2.31. The topological polar surface area (TPSA) is 42.0 Å². The van der Waals surface area contributed by atoms with E-state index in [1.54, 1.807) is 42.7 Å². The van der Waals surface area contributed by atoms with Gasteiger partial charge in [0.1, 0.15) is 0 Å². The molecule has 2 rings (SSSR count). The molecule has 0 atom stereocenters. The highest BCUT2D eigenvalue weighted by molar-refractivity contribution is 6.01. The van der Waals surface area contributed by atoms with E-state index in [0.29, 0.717) is 5.69 Å². The molecule has 0 bridgehead atoms. The van der Waals surface area contributed by atoms with Crippen molar-refractivity contribution in [2.45, 2.75) is 0 Å². The van der Waals surface area contributed by atoms with Gasteiger partial charge in [-0.1, -0.05) is 18.1 Å². The fourth-order valence-corrected chi connectivity index (χ4v) is 1.52. The molecule has 1 heterocycles. The highest BCUT2D eigenvalue weighted by Crippen LogP contribution is 2.09. The number of hydrogen-bond donors (Lipinski definition) is 1. The predicted octanol–water partition coefficient (Wildman–Crippen LogP) is 2.71. The van der Waals surface area contributed by atoms with Crippen molar-refractivity contribution in [2.24, 2.45) is 0 Å². The van der Waals surface area contributed by atoms with E-state index < -0.39 is 0 Å². The first-order valence-electron chi connectivity index (χ1n) is 5.74. The second-order valence-electron chi connectivity index (χ2n) is 3.83. The Labute approximate surface area is 112 Å². The van der Waals surface area contributed by atoms with E-state index in [0.717, 1.165) is 11.1 Å². The number of terminal acetylenes is 1. The summed E-state index contributed by atoms with van der Waals surface area (Å²) >= 11 is 0. The van der Waals surface area contributed by atoms with Crippen LogP contribution in [0.1, 0.15) is 11.1 Å². The number of aromatic nitrogens is 1. The number of rotatable bonds is 3. The van der Waals surface area contributed by atoms with Crippen molar-refractivity contribution in [3.05, 3.63) is 66.0 Å². The van der Waals surface area contributed by atoms with Crippen LogP contribution in [0.2, 0.25) is 0 Å². The minimum atomic E-state index is -0.210. The van der Waals surface area contributed by atoms with Crippen LogP contribution in [0.15, 0.2) is 54.9 Å². The molecule has 1 aromatic heterocycles. The largest absolute Gasteiger partial charge is 0.322 e. The molecule has 0 spiro atoms. The van der Waals surface area contributed by atoms with E-state index in [4.69, 9.17) is 6.42 Å². The molecule has 19 heavy (non-hydrogen) atoms. The Kier molecular flexibility index (Phi) is 4.09. The fraction of sp³-hybridized carbons (Fsp3) is 0. The summed E-state index contributed by atoms with van der Waals surface area (Å²) in [5, 5.41) is 2.75. The summed E-state index contributed by atoms with van der Waals surface area (Å²) in [6, 6.07) is 10.8. The Morgan fingerprint density at radius 2 is 2.21 bits per heavy atom. The van der Waals surface area contributed by atoms with Crippen LogP contribution in [-0.4, -0.2) is 10.9 Å². The zero-order chi connectivity index (χ0) is 13.5. The van der Waals surface area contributed by atoms with E-state index in [1.165, 1.54) is 6.08 Å². The summed E-state index contributed by atoms with van der Waals surface area (Å²) in [6.07, 6.45) is 11.8. The van der Waals surface area contributed by atoms with E-state index in [2.05, 4.69) is 16.2 Å². The van der Waals surface area contributed by atoms with Crippen LogP contribution in [0.3, 0.4) is 0 Å². The zero-order valence-electron chi connectivity index (χ0n) is 10.2. The molecule has 92 valence electrons. The molecule has 0 aliphatic carbocycles. The molecule has 1 aromatic carbocycles. The van der Waals surface area contributed by atoms with Crippen molar-refractivity contribution >= 4 is 17.7 Å². The Bertz CT molecular complexity index is 639. The number of carbonyl (C=O) groups is 1. The Balaban J connectivity index is 2.02. The van der Waals surface area contributed by atoms with Gasteiger partial charge < -0.3 is 5.32 Å². The molecule has 0 fully saturated rings. The first kappa shape index (κ1) is 12.6. The van der Waals surface area contributed by atoms with Gasteiger partial charge in [0, 0.05) is 29.7 Å². The van der Waals surface area contributed by atoms with Crippen LogP contribution in [-0.2, 0) is 4.79 Å². The summed E-state index contributed by atoms with van der Waals surface area (Å²) < 4.78 is 0. The molecule has 3 heteroatoms. The average molecular weight is 248 g/mol. The van der Waals surface area contributed by atoms with Gasteiger partial charge >= 0.3 is 0 Å². The normalized spacial score (nSPS) is 10.1. The second kappa shape index (κ2) is 6.18.